The van der Waals surface area contributed by atoms with E-state index < -0.39 is 11.7 Å². The number of benzene rings is 1. The first-order valence-electron chi connectivity index (χ1n) is 5.72. The first-order chi connectivity index (χ1) is 9.43. The van der Waals surface area contributed by atoms with E-state index in [0.29, 0.717) is 28.2 Å². The minimum absolute atomic E-state index is 0.326. The molecule has 0 aliphatic carbocycles. The molecule has 0 atom stereocenters. The lowest BCUT2D eigenvalue weighted by Crippen LogP contribution is -2.04. The number of halogens is 3. The van der Waals surface area contributed by atoms with Crippen molar-refractivity contribution >= 4 is 16.9 Å². The van der Waals surface area contributed by atoms with E-state index in [1.54, 1.807) is 12.1 Å². The molecule has 0 bridgehead atoms. The Kier molecular flexibility index (Phi) is 2.63. The summed E-state index contributed by atoms with van der Waals surface area (Å²) in [4.78, 5) is 11.0. The zero-order valence-electron chi connectivity index (χ0n) is 10.1. The number of hydrogen-bond acceptors (Lipinski definition) is 3. The van der Waals surface area contributed by atoms with Crippen LogP contribution in [0.1, 0.15) is 5.56 Å². The van der Waals surface area contributed by atoms with Crippen molar-refractivity contribution in [3.63, 3.8) is 0 Å². The Bertz CT molecular complexity index is 759. The van der Waals surface area contributed by atoms with E-state index in [0.717, 1.165) is 12.1 Å². The summed E-state index contributed by atoms with van der Waals surface area (Å²) in [5.41, 5.74) is 6.21. The second kappa shape index (κ2) is 4.22. The van der Waals surface area contributed by atoms with Crippen LogP contribution in [0.4, 0.5) is 19.0 Å². The van der Waals surface area contributed by atoms with Crippen LogP contribution in [0.2, 0.25) is 0 Å². The average molecular weight is 278 g/mol. The summed E-state index contributed by atoms with van der Waals surface area (Å²) in [7, 11) is 0. The number of hydrogen-bond donors (Lipinski definition) is 2. The van der Waals surface area contributed by atoms with Crippen LogP contribution >= 0.6 is 0 Å². The fourth-order valence-electron chi connectivity index (χ4n) is 1.87. The van der Waals surface area contributed by atoms with Crippen LogP contribution in [0.15, 0.2) is 36.5 Å². The van der Waals surface area contributed by atoms with Gasteiger partial charge in [-0.15, -0.1) is 0 Å². The van der Waals surface area contributed by atoms with Crippen LogP contribution in [-0.4, -0.2) is 15.0 Å². The molecule has 0 saturated carbocycles. The number of pyridine rings is 1. The Hall–Kier alpha value is -2.57. The SMILES string of the molecule is Nc1ccc(-c2nc3ccc(C(F)(F)F)cc3[nH]2)cn1. The predicted molar refractivity (Wildman–Crippen MR) is 68.7 cm³/mol. The van der Waals surface area contributed by atoms with Crippen molar-refractivity contribution in [2.75, 3.05) is 5.73 Å². The molecule has 0 saturated heterocycles. The van der Waals surface area contributed by atoms with Crippen molar-refractivity contribution in [2.45, 2.75) is 6.18 Å². The minimum atomic E-state index is -4.37. The Balaban J connectivity index is 2.09. The molecule has 4 nitrogen and oxygen atoms in total. The number of nitrogens with zero attached hydrogens (tertiary/aromatic N) is 2. The lowest BCUT2D eigenvalue weighted by atomic mass is 10.2. The van der Waals surface area contributed by atoms with E-state index in [1.165, 1.54) is 12.3 Å². The van der Waals surface area contributed by atoms with Gasteiger partial charge in [0.15, 0.2) is 0 Å². The molecule has 3 N–H and O–H groups in total. The summed E-state index contributed by atoms with van der Waals surface area (Å²) in [6.07, 6.45) is -2.86. The van der Waals surface area contributed by atoms with Crippen LogP contribution in [0.25, 0.3) is 22.4 Å². The number of nitrogen functional groups attached to an aromatic ring is 1. The van der Waals surface area contributed by atoms with Gasteiger partial charge in [0.05, 0.1) is 16.6 Å². The van der Waals surface area contributed by atoms with Gasteiger partial charge in [0.25, 0.3) is 0 Å². The molecule has 2 heterocycles. The molecule has 0 radical (unpaired) electrons. The number of nitrogens with two attached hydrogens (primary N) is 1. The van der Waals surface area contributed by atoms with E-state index in [-0.39, 0.29) is 0 Å². The highest BCUT2D eigenvalue weighted by atomic mass is 19.4. The van der Waals surface area contributed by atoms with E-state index >= 15 is 0 Å². The zero-order chi connectivity index (χ0) is 14.3. The van der Waals surface area contributed by atoms with Gasteiger partial charge < -0.3 is 10.7 Å². The van der Waals surface area contributed by atoms with Crippen molar-refractivity contribution in [2.24, 2.45) is 0 Å². The van der Waals surface area contributed by atoms with Gasteiger partial charge in [0.1, 0.15) is 11.6 Å². The van der Waals surface area contributed by atoms with Gasteiger partial charge in [-0.1, -0.05) is 0 Å². The van der Waals surface area contributed by atoms with Gasteiger partial charge in [-0.05, 0) is 30.3 Å². The van der Waals surface area contributed by atoms with Crippen LogP contribution < -0.4 is 5.73 Å². The molecule has 0 aliphatic heterocycles. The Morgan fingerprint density at radius 2 is 1.90 bits per heavy atom. The van der Waals surface area contributed by atoms with Gasteiger partial charge in [-0.25, -0.2) is 9.97 Å². The quantitative estimate of drug-likeness (QED) is 0.718. The standard InChI is InChI=1S/C13H9F3N4/c14-13(15,16)8-2-3-9-10(5-8)20-12(19-9)7-1-4-11(17)18-6-7/h1-6H,(H2,17,18)(H,19,20). The fraction of sp³-hybridized carbons (Fsp3) is 0.0769. The zero-order valence-corrected chi connectivity index (χ0v) is 10.1. The third-order valence-electron chi connectivity index (χ3n) is 2.87. The number of fused-ring (bicyclic) bond motifs is 1. The van der Waals surface area contributed by atoms with Crippen molar-refractivity contribution in [3.05, 3.63) is 42.1 Å². The highest BCUT2D eigenvalue weighted by Crippen LogP contribution is 2.31. The summed E-state index contributed by atoms with van der Waals surface area (Å²) in [5.74, 6) is 0.816. The summed E-state index contributed by atoms with van der Waals surface area (Å²) in [6, 6.07) is 6.68. The number of H-pyrrole nitrogens is 1. The monoisotopic (exact) mass is 278 g/mol. The topological polar surface area (TPSA) is 67.6 Å². The first-order valence-corrected chi connectivity index (χ1v) is 5.72. The molecular weight excluding hydrogens is 269 g/mol. The van der Waals surface area contributed by atoms with Gasteiger partial charge in [0.2, 0.25) is 0 Å². The third kappa shape index (κ3) is 2.18. The second-order valence-corrected chi connectivity index (χ2v) is 4.29. The van der Waals surface area contributed by atoms with Crippen LogP contribution in [0.3, 0.4) is 0 Å². The number of aromatic nitrogens is 3. The van der Waals surface area contributed by atoms with Crippen LogP contribution in [0.5, 0.6) is 0 Å². The van der Waals surface area contributed by atoms with Crippen LogP contribution in [-0.2, 0) is 6.18 Å². The van der Waals surface area contributed by atoms with E-state index in [4.69, 9.17) is 5.73 Å². The normalized spacial score (nSPS) is 11.9. The Labute approximate surface area is 111 Å². The van der Waals surface area contributed by atoms with Crippen LogP contribution in [0, 0.1) is 0 Å². The highest BCUT2D eigenvalue weighted by molar-refractivity contribution is 5.80. The smallest absolute Gasteiger partial charge is 0.384 e. The highest BCUT2D eigenvalue weighted by Gasteiger charge is 2.30. The summed E-state index contributed by atoms with van der Waals surface area (Å²) in [6.45, 7) is 0. The second-order valence-electron chi connectivity index (χ2n) is 4.29. The van der Waals surface area contributed by atoms with Gasteiger partial charge in [-0.3, -0.25) is 0 Å². The first kappa shape index (κ1) is 12.5. The number of rotatable bonds is 1. The summed E-state index contributed by atoms with van der Waals surface area (Å²) >= 11 is 0. The van der Waals surface area contributed by atoms with Crippen molar-refractivity contribution < 1.29 is 13.2 Å². The molecule has 3 aromatic rings. The van der Waals surface area contributed by atoms with Crippen molar-refractivity contribution in [1.82, 2.24) is 15.0 Å². The predicted octanol–water partition coefficient (Wildman–Crippen LogP) is 3.23. The van der Waals surface area contributed by atoms with Gasteiger partial charge in [-0.2, -0.15) is 13.2 Å². The third-order valence-corrected chi connectivity index (χ3v) is 2.87. The summed E-state index contributed by atoms with van der Waals surface area (Å²) < 4.78 is 37.9. The number of aromatic amines is 1. The molecule has 0 fully saturated rings. The number of anilines is 1. The molecule has 0 aliphatic rings. The van der Waals surface area contributed by atoms with Gasteiger partial charge >= 0.3 is 6.18 Å². The molecular formula is C13H9F3N4. The van der Waals surface area contributed by atoms with E-state index in [2.05, 4.69) is 15.0 Å². The minimum Gasteiger partial charge on any atom is -0.384 e. The molecule has 0 unspecified atom stereocenters. The fourth-order valence-corrected chi connectivity index (χ4v) is 1.87. The molecule has 102 valence electrons. The molecule has 7 heteroatoms. The molecule has 0 spiro atoms. The Morgan fingerprint density at radius 3 is 2.55 bits per heavy atom. The maximum atomic E-state index is 12.6. The molecule has 1 aromatic carbocycles. The largest absolute Gasteiger partial charge is 0.416 e. The number of imidazole rings is 1. The van der Waals surface area contributed by atoms with Crippen molar-refractivity contribution in [3.8, 4) is 11.4 Å². The molecule has 2 aromatic heterocycles. The molecule has 20 heavy (non-hydrogen) atoms. The lowest BCUT2D eigenvalue weighted by molar-refractivity contribution is -0.137. The molecule has 0 amide bonds. The maximum Gasteiger partial charge on any atom is 0.416 e. The number of alkyl halides is 3. The Morgan fingerprint density at radius 1 is 1.10 bits per heavy atom. The lowest BCUT2D eigenvalue weighted by Gasteiger charge is -2.05. The van der Waals surface area contributed by atoms with E-state index in [1.807, 2.05) is 0 Å². The maximum absolute atomic E-state index is 12.6. The average Bonchev–Trinajstić information content (AvgIpc) is 2.81. The molecule has 3 rings (SSSR count). The van der Waals surface area contributed by atoms with E-state index in [9.17, 15) is 13.2 Å². The number of nitrogens with one attached hydrogen (secondary N) is 1. The summed E-state index contributed by atoms with van der Waals surface area (Å²) in [5, 5.41) is 0. The van der Waals surface area contributed by atoms with Crippen molar-refractivity contribution in [1.29, 1.82) is 0 Å². The van der Waals surface area contributed by atoms with Gasteiger partial charge in [0, 0.05) is 11.8 Å².